The number of carbonyl (C=O) groups is 1. The van der Waals surface area contributed by atoms with Crippen molar-refractivity contribution >= 4 is 46.2 Å². The zero-order valence-corrected chi connectivity index (χ0v) is 15.7. The number of aliphatic imine (C=N–C) groups is 1. The highest BCUT2D eigenvalue weighted by atomic mass is 35.5. The maximum absolute atomic E-state index is 12.2. The van der Waals surface area contributed by atoms with E-state index < -0.39 is 0 Å². The average molecular weight is 385 g/mol. The van der Waals surface area contributed by atoms with Crippen LogP contribution in [0.15, 0.2) is 65.0 Å². The monoisotopic (exact) mass is 384 g/mol. The van der Waals surface area contributed by atoms with Gasteiger partial charge in [0.2, 0.25) is 0 Å². The molecule has 3 rings (SSSR count). The fourth-order valence-electron chi connectivity index (χ4n) is 2.27. The summed E-state index contributed by atoms with van der Waals surface area (Å²) in [6.45, 7) is 5.98. The highest BCUT2D eigenvalue weighted by Gasteiger charge is 2.24. The zero-order chi connectivity index (χ0) is 18.5. The lowest BCUT2D eigenvalue weighted by Crippen LogP contribution is -2.19. The van der Waals surface area contributed by atoms with E-state index in [9.17, 15) is 4.79 Å². The van der Waals surface area contributed by atoms with E-state index in [1.54, 1.807) is 6.08 Å². The van der Waals surface area contributed by atoms with Gasteiger partial charge in [0.15, 0.2) is 5.17 Å². The lowest BCUT2D eigenvalue weighted by molar-refractivity contribution is -0.115. The fourth-order valence-corrected chi connectivity index (χ4v) is 3.28. The number of ether oxygens (including phenoxy) is 1. The first-order valence-corrected chi connectivity index (χ1v) is 9.15. The van der Waals surface area contributed by atoms with Gasteiger partial charge in [-0.25, -0.2) is 4.99 Å². The van der Waals surface area contributed by atoms with Crippen molar-refractivity contribution in [3.05, 3.63) is 76.2 Å². The summed E-state index contributed by atoms with van der Waals surface area (Å²) < 4.78 is 5.45. The van der Waals surface area contributed by atoms with Crippen molar-refractivity contribution in [2.24, 2.45) is 4.99 Å². The predicted octanol–water partition coefficient (Wildman–Crippen LogP) is 5.10. The SMILES string of the molecule is C=CCOc1ccc(/C=C2/SC(=Nc3cccc(Cl)c3C)NC2=O)cc1. The highest BCUT2D eigenvalue weighted by molar-refractivity contribution is 8.18. The average Bonchev–Trinajstić information content (AvgIpc) is 2.97. The highest BCUT2D eigenvalue weighted by Crippen LogP contribution is 2.31. The van der Waals surface area contributed by atoms with Crippen molar-refractivity contribution in [2.45, 2.75) is 6.92 Å². The Morgan fingerprint density at radius 3 is 2.77 bits per heavy atom. The minimum atomic E-state index is -0.166. The molecule has 132 valence electrons. The number of halogens is 1. The maximum atomic E-state index is 12.2. The first-order chi connectivity index (χ1) is 12.6. The van der Waals surface area contributed by atoms with Crippen LogP contribution in [0.4, 0.5) is 5.69 Å². The van der Waals surface area contributed by atoms with E-state index in [1.807, 2.05) is 55.5 Å². The Morgan fingerprint density at radius 1 is 1.27 bits per heavy atom. The van der Waals surface area contributed by atoms with Gasteiger partial charge in [0.25, 0.3) is 5.91 Å². The molecule has 6 heteroatoms. The summed E-state index contributed by atoms with van der Waals surface area (Å²) in [7, 11) is 0. The summed E-state index contributed by atoms with van der Waals surface area (Å²) >= 11 is 7.42. The van der Waals surface area contributed by atoms with E-state index in [2.05, 4.69) is 16.9 Å². The molecule has 2 aromatic rings. The van der Waals surface area contributed by atoms with Crippen molar-refractivity contribution in [3.8, 4) is 5.75 Å². The molecule has 0 atom stereocenters. The Bertz CT molecular complexity index is 905. The number of hydrogen-bond donors (Lipinski definition) is 1. The first kappa shape index (κ1) is 18.3. The number of benzene rings is 2. The number of nitrogens with one attached hydrogen (secondary N) is 1. The molecule has 1 aliphatic rings. The molecule has 26 heavy (non-hydrogen) atoms. The summed E-state index contributed by atoms with van der Waals surface area (Å²) in [6.07, 6.45) is 3.52. The van der Waals surface area contributed by atoms with Gasteiger partial charge >= 0.3 is 0 Å². The van der Waals surface area contributed by atoms with Crippen LogP contribution < -0.4 is 10.1 Å². The van der Waals surface area contributed by atoms with Gasteiger partial charge in [-0.05, 0) is 60.2 Å². The minimum absolute atomic E-state index is 0.166. The van der Waals surface area contributed by atoms with Gasteiger partial charge in [-0.1, -0.05) is 42.5 Å². The second-order valence-electron chi connectivity index (χ2n) is 5.53. The Morgan fingerprint density at radius 2 is 2.04 bits per heavy atom. The predicted molar refractivity (Wildman–Crippen MR) is 109 cm³/mol. The first-order valence-electron chi connectivity index (χ1n) is 7.95. The molecule has 0 radical (unpaired) electrons. The molecular formula is C20H17ClN2O2S. The van der Waals surface area contributed by atoms with Crippen LogP contribution in [0.2, 0.25) is 5.02 Å². The van der Waals surface area contributed by atoms with Crippen molar-refractivity contribution in [1.82, 2.24) is 5.32 Å². The lowest BCUT2D eigenvalue weighted by Gasteiger charge is -2.03. The number of carbonyl (C=O) groups excluding carboxylic acids is 1. The van der Waals surface area contributed by atoms with E-state index in [0.717, 1.165) is 22.6 Å². The van der Waals surface area contributed by atoms with E-state index in [1.165, 1.54) is 11.8 Å². The summed E-state index contributed by atoms with van der Waals surface area (Å²) in [4.78, 5) is 17.3. The molecule has 0 aromatic heterocycles. The largest absolute Gasteiger partial charge is 0.490 e. The summed E-state index contributed by atoms with van der Waals surface area (Å²) in [5, 5.41) is 3.97. The number of nitrogens with zero attached hydrogens (tertiary/aromatic N) is 1. The second kappa shape index (κ2) is 8.25. The molecule has 0 bridgehead atoms. The number of amides is 1. The fraction of sp³-hybridized carbons (Fsp3) is 0.100. The third kappa shape index (κ3) is 4.36. The van der Waals surface area contributed by atoms with Crippen molar-refractivity contribution < 1.29 is 9.53 Å². The number of rotatable bonds is 5. The molecule has 1 amide bonds. The number of thioether (sulfide) groups is 1. The quantitative estimate of drug-likeness (QED) is 0.576. The van der Waals surface area contributed by atoms with Crippen molar-refractivity contribution in [1.29, 1.82) is 0 Å². The van der Waals surface area contributed by atoms with Gasteiger partial charge in [-0.15, -0.1) is 0 Å². The number of hydrogen-bond acceptors (Lipinski definition) is 4. The standard InChI is InChI=1S/C20H17ClN2O2S/c1-3-11-25-15-9-7-14(8-10-15)12-18-19(24)23-20(26-18)22-17-6-4-5-16(21)13(17)2/h3-10,12H,1,11H2,2H3,(H,22,23,24)/b18-12+. The molecule has 0 unspecified atom stereocenters. The van der Waals surface area contributed by atoms with Gasteiger partial charge in [0.05, 0.1) is 10.6 Å². The smallest absolute Gasteiger partial charge is 0.264 e. The summed E-state index contributed by atoms with van der Waals surface area (Å²) in [5.41, 5.74) is 2.53. The van der Waals surface area contributed by atoms with Gasteiger partial charge in [0, 0.05) is 5.02 Å². The van der Waals surface area contributed by atoms with Crippen LogP contribution in [-0.2, 0) is 4.79 Å². The van der Waals surface area contributed by atoms with Crippen molar-refractivity contribution in [3.63, 3.8) is 0 Å². The molecular weight excluding hydrogens is 368 g/mol. The van der Waals surface area contributed by atoms with Gasteiger partial charge < -0.3 is 10.1 Å². The molecule has 1 aliphatic heterocycles. The van der Waals surface area contributed by atoms with Gasteiger partial charge in [0.1, 0.15) is 12.4 Å². The van der Waals surface area contributed by atoms with Crippen LogP contribution >= 0.6 is 23.4 Å². The van der Waals surface area contributed by atoms with E-state index in [4.69, 9.17) is 16.3 Å². The molecule has 0 aliphatic carbocycles. The molecule has 0 saturated carbocycles. The van der Waals surface area contributed by atoms with Crippen LogP contribution in [0.25, 0.3) is 6.08 Å². The molecule has 4 nitrogen and oxygen atoms in total. The van der Waals surface area contributed by atoms with Crippen LogP contribution in [0.5, 0.6) is 5.75 Å². The Labute approximate surface area is 161 Å². The summed E-state index contributed by atoms with van der Waals surface area (Å²) in [6, 6.07) is 13.0. The molecule has 1 fully saturated rings. The molecule has 1 heterocycles. The van der Waals surface area contributed by atoms with Gasteiger partial charge in [-0.3, -0.25) is 4.79 Å². The Balaban J connectivity index is 1.77. The minimum Gasteiger partial charge on any atom is -0.490 e. The van der Waals surface area contributed by atoms with Crippen molar-refractivity contribution in [2.75, 3.05) is 6.61 Å². The van der Waals surface area contributed by atoms with Crippen LogP contribution in [0.1, 0.15) is 11.1 Å². The molecule has 1 N–H and O–H groups in total. The lowest BCUT2D eigenvalue weighted by atomic mass is 10.2. The molecule has 2 aromatic carbocycles. The van der Waals surface area contributed by atoms with Gasteiger partial charge in [-0.2, -0.15) is 0 Å². The molecule has 1 saturated heterocycles. The summed E-state index contributed by atoms with van der Waals surface area (Å²) in [5.74, 6) is 0.592. The molecule has 0 spiro atoms. The Kier molecular flexibility index (Phi) is 5.81. The van der Waals surface area contributed by atoms with Crippen LogP contribution in [0.3, 0.4) is 0 Å². The maximum Gasteiger partial charge on any atom is 0.264 e. The topological polar surface area (TPSA) is 50.7 Å². The number of amidine groups is 1. The van der Waals surface area contributed by atoms with E-state index in [-0.39, 0.29) is 5.91 Å². The Hall–Kier alpha value is -2.50. The van der Waals surface area contributed by atoms with E-state index >= 15 is 0 Å². The normalized spacial score (nSPS) is 16.8. The third-order valence-electron chi connectivity index (χ3n) is 3.66. The van der Waals surface area contributed by atoms with Crippen LogP contribution in [0, 0.1) is 6.92 Å². The third-order valence-corrected chi connectivity index (χ3v) is 4.98. The second-order valence-corrected chi connectivity index (χ2v) is 6.97. The van der Waals surface area contributed by atoms with E-state index in [0.29, 0.717) is 21.7 Å². The zero-order valence-electron chi connectivity index (χ0n) is 14.2. The van der Waals surface area contributed by atoms with Crippen LogP contribution in [-0.4, -0.2) is 17.7 Å².